The Morgan fingerprint density at radius 2 is 1.71 bits per heavy atom. The van der Waals surface area contributed by atoms with Crippen LogP contribution in [0.4, 0.5) is 0 Å². The first kappa shape index (κ1) is 19.7. The van der Waals surface area contributed by atoms with Crippen molar-refractivity contribution in [1.82, 2.24) is 0 Å². The lowest BCUT2D eigenvalue weighted by atomic mass is 9.86. The van der Waals surface area contributed by atoms with Crippen molar-refractivity contribution in [3.05, 3.63) is 58.6 Å². The molecule has 1 aliphatic carbocycles. The quantitative estimate of drug-likeness (QED) is 0.522. The minimum atomic E-state index is -0.317. The number of hydrogen-bond donors (Lipinski definition) is 0. The maximum absolute atomic E-state index is 12.8. The lowest BCUT2D eigenvalue weighted by molar-refractivity contribution is -0.121. The van der Waals surface area contributed by atoms with E-state index in [9.17, 15) is 9.59 Å². The van der Waals surface area contributed by atoms with Gasteiger partial charge < -0.3 is 9.47 Å². The van der Waals surface area contributed by atoms with Gasteiger partial charge in [0.2, 0.25) is 23.1 Å². The Morgan fingerprint density at radius 1 is 1.17 bits per heavy atom. The summed E-state index contributed by atoms with van der Waals surface area (Å²) in [5.41, 5.74) is 2.74. The third kappa shape index (κ3) is 3.75. The highest BCUT2D eigenvalue weighted by Gasteiger charge is 2.35. The zero-order chi connectivity index (χ0) is 18.4. The third-order valence-electron chi connectivity index (χ3n) is 4.35. The molecule has 0 heterocycles. The van der Waals surface area contributed by atoms with E-state index in [0.29, 0.717) is 17.6 Å². The monoisotopic (exact) mass is 330 g/mol. The summed E-state index contributed by atoms with van der Waals surface area (Å²) in [6.45, 7) is 11.4. The average Bonchev–Trinajstić information content (AvgIpc) is 2.59. The summed E-state index contributed by atoms with van der Waals surface area (Å²) >= 11 is 0. The van der Waals surface area contributed by atoms with Gasteiger partial charge in [0.1, 0.15) is 0 Å². The topological polar surface area (TPSA) is 52.6 Å². The van der Waals surface area contributed by atoms with Gasteiger partial charge in [-0.1, -0.05) is 30.7 Å². The molecule has 0 aromatic carbocycles. The molecule has 1 atom stereocenters. The third-order valence-corrected chi connectivity index (χ3v) is 4.35. The standard InChI is InChI=1S/C20H26O4/c1-8-12(3)13(4)10-11-15(9-2)16-14(5)17(21)19(23-6)20(24-7)18(16)22/h8-10,12H,1,11H2,2-7H3/b13-10+,15-9+. The molecule has 0 fully saturated rings. The van der Waals surface area contributed by atoms with Crippen LogP contribution in [0.3, 0.4) is 0 Å². The maximum atomic E-state index is 12.8. The molecule has 0 aromatic heterocycles. The average molecular weight is 330 g/mol. The van der Waals surface area contributed by atoms with E-state index in [2.05, 4.69) is 19.6 Å². The second-order valence-corrected chi connectivity index (χ2v) is 5.72. The zero-order valence-electron chi connectivity index (χ0n) is 15.4. The molecular formula is C20H26O4. The molecule has 1 rings (SSSR count). The van der Waals surface area contributed by atoms with Gasteiger partial charge in [-0.2, -0.15) is 0 Å². The largest absolute Gasteiger partial charge is 0.489 e. The first-order valence-corrected chi connectivity index (χ1v) is 7.91. The second kappa shape index (κ2) is 8.48. The van der Waals surface area contributed by atoms with Gasteiger partial charge in [0, 0.05) is 11.1 Å². The summed E-state index contributed by atoms with van der Waals surface area (Å²) in [7, 11) is 2.72. The zero-order valence-corrected chi connectivity index (χ0v) is 15.4. The van der Waals surface area contributed by atoms with Crippen molar-refractivity contribution in [2.45, 2.75) is 34.1 Å². The van der Waals surface area contributed by atoms with Crippen LogP contribution < -0.4 is 0 Å². The molecule has 0 spiro atoms. The van der Waals surface area contributed by atoms with Crippen molar-refractivity contribution in [3.8, 4) is 0 Å². The van der Waals surface area contributed by atoms with E-state index in [4.69, 9.17) is 9.47 Å². The maximum Gasteiger partial charge on any atom is 0.232 e. The van der Waals surface area contributed by atoms with Crippen LogP contribution in [0.2, 0.25) is 0 Å². The summed E-state index contributed by atoms with van der Waals surface area (Å²) < 4.78 is 10.2. The number of Topliss-reactive ketones (excluding diaryl/α,β-unsaturated/α-hetero) is 2. The van der Waals surface area contributed by atoms with E-state index >= 15 is 0 Å². The first-order valence-electron chi connectivity index (χ1n) is 7.91. The van der Waals surface area contributed by atoms with E-state index in [1.54, 1.807) is 6.92 Å². The molecule has 0 saturated heterocycles. The van der Waals surface area contributed by atoms with Crippen molar-refractivity contribution >= 4 is 11.6 Å². The fraction of sp³-hybridized carbons (Fsp3) is 0.400. The van der Waals surface area contributed by atoms with E-state index < -0.39 is 0 Å². The van der Waals surface area contributed by atoms with E-state index in [1.165, 1.54) is 14.2 Å². The summed E-state index contributed by atoms with van der Waals surface area (Å²) in [5.74, 6) is -0.448. The van der Waals surface area contributed by atoms with Crippen LogP contribution in [0.15, 0.2) is 58.6 Å². The number of allylic oxidation sites excluding steroid dienone is 7. The fourth-order valence-corrected chi connectivity index (χ4v) is 2.54. The number of ketones is 2. The van der Waals surface area contributed by atoms with E-state index in [1.807, 2.05) is 26.0 Å². The number of methoxy groups -OCH3 is 2. The molecule has 24 heavy (non-hydrogen) atoms. The van der Waals surface area contributed by atoms with Crippen LogP contribution in [0, 0.1) is 5.92 Å². The van der Waals surface area contributed by atoms with Crippen molar-refractivity contribution in [2.24, 2.45) is 5.92 Å². The molecule has 0 aromatic rings. The Bertz CT molecular complexity index is 672. The molecule has 1 aliphatic rings. The highest BCUT2D eigenvalue weighted by atomic mass is 16.5. The van der Waals surface area contributed by atoms with Gasteiger partial charge in [-0.3, -0.25) is 9.59 Å². The van der Waals surface area contributed by atoms with Gasteiger partial charge in [0.05, 0.1) is 14.2 Å². The molecular weight excluding hydrogens is 304 g/mol. The Morgan fingerprint density at radius 3 is 2.17 bits per heavy atom. The lowest BCUT2D eigenvalue weighted by Crippen LogP contribution is -2.25. The molecule has 0 saturated carbocycles. The smallest absolute Gasteiger partial charge is 0.232 e. The van der Waals surface area contributed by atoms with Crippen LogP contribution in [-0.4, -0.2) is 25.8 Å². The van der Waals surface area contributed by atoms with Crippen molar-refractivity contribution in [3.63, 3.8) is 0 Å². The first-order chi connectivity index (χ1) is 11.3. The van der Waals surface area contributed by atoms with E-state index in [0.717, 1.165) is 11.1 Å². The van der Waals surface area contributed by atoms with Gasteiger partial charge in [0.25, 0.3) is 0 Å². The predicted octanol–water partition coefficient (Wildman–Crippen LogP) is 4.06. The highest BCUT2D eigenvalue weighted by Crippen LogP contribution is 2.31. The predicted molar refractivity (Wildman–Crippen MR) is 95.3 cm³/mol. The summed E-state index contributed by atoms with van der Waals surface area (Å²) in [4.78, 5) is 25.2. The Hall–Kier alpha value is -2.36. The molecule has 0 N–H and O–H groups in total. The summed E-state index contributed by atoms with van der Waals surface area (Å²) in [5, 5.41) is 0. The molecule has 4 heteroatoms. The number of rotatable bonds is 7. The van der Waals surface area contributed by atoms with Crippen molar-refractivity contribution in [2.75, 3.05) is 14.2 Å². The molecule has 130 valence electrons. The molecule has 0 aliphatic heterocycles. The van der Waals surface area contributed by atoms with Crippen molar-refractivity contribution in [1.29, 1.82) is 0 Å². The van der Waals surface area contributed by atoms with Crippen LogP contribution in [0.1, 0.15) is 34.1 Å². The Labute approximate surface area is 144 Å². The van der Waals surface area contributed by atoms with Crippen LogP contribution >= 0.6 is 0 Å². The fourth-order valence-electron chi connectivity index (χ4n) is 2.54. The van der Waals surface area contributed by atoms with Gasteiger partial charge in [-0.25, -0.2) is 0 Å². The number of carbonyl (C=O) groups excluding carboxylic acids is 2. The Balaban J connectivity index is 3.28. The van der Waals surface area contributed by atoms with Gasteiger partial charge in [0.15, 0.2) is 0 Å². The van der Waals surface area contributed by atoms with E-state index in [-0.39, 0.29) is 29.0 Å². The minimum absolute atomic E-state index is 0.0359. The van der Waals surface area contributed by atoms with Crippen LogP contribution in [0.25, 0.3) is 0 Å². The molecule has 0 amide bonds. The van der Waals surface area contributed by atoms with Gasteiger partial charge in [-0.15, -0.1) is 6.58 Å². The normalized spacial score (nSPS) is 18.1. The lowest BCUT2D eigenvalue weighted by Gasteiger charge is -2.21. The molecule has 1 unspecified atom stereocenters. The van der Waals surface area contributed by atoms with Crippen LogP contribution in [0.5, 0.6) is 0 Å². The summed E-state index contributed by atoms with van der Waals surface area (Å²) in [6, 6.07) is 0. The number of ether oxygens (including phenoxy) is 2. The molecule has 0 radical (unpaired) electrons. The highest BCUT2D eigenvalue weighted by molar-refractivity contribution is 6.25. The minimum Gasteiger partial charge on any atom is -0.489 e. The summed E-state index contributed by atoms with van der Waals surface area (Å²) in [6.07, 6.45) is 6.35. The number of carbonyl (C=O) groups is 2. The SMILES string of the molecule is C=CC(C)/C(C)=C/C/C(=C\C)C1=C(C)C(=O)C(OC)=C(OC)C1=O. The molecule has 0 bridgehead atoms. The van der Waals surface area contributed by atoms with Crippen molar-refractivity contribution < 1.29 is 19.1 Å². The van der Waals surface area contributed by atoms with Gasteiger partial charge >= 0.3 is 0 Å². The number of hydrogen-bond acceptors (Lipinski definition) is 4. The molecule has 4 nitrogen and oxygen atoms in total. The second-order valence-electron chi connectivity index (χ2n) is 5.72. The Kier molecular flexibility index (Phi) is 6.96. The van der Waals surface area contributed by atoms with Gasteiger partial charge in [-0.05, 0) is 38.7 Å². The van der Waals surface area contributed by atoms with Crippen LogP contribution in [-0.2, 0) is 19.1 Å².